The van der Waals surface area contributed by atoms with Gasteiger partial charge in [0.2, 0.25) is 0 Å². The zero-order valence-electron chi connectivity index (χ0n) is 10.1. The first kappa shape index (κ1) is 14.0. The van der Waals surface area contributed by atoms with E-state index in [4.69, 9.17) is 13.6 Å². The molecule has 4 nitrogen and oxygen atoms in total. The van der Waals surface area contributed by atoms with Crippen LogP contribution in [0.5, 0.6) is 5.75 Å². The third-order valence-electron chi connectivity index (χ3n) is 1.92. The van der Waals surface area contributed by atoms with Gasteiger partial charge in [-0.3, -0.25) is 9.05 Å². The summed E-state index contributed by atoms with van der Waals surface area (Å²) < 4.78 is 27.6. The van der Waals surface area contributed by atoms with E-state index in [-0.39, 0.29) is 13.2 Å². The van der Waals surface area contributed by atoms with Gasteiger partial charge in [0.1, 0.15) is 5.75 Å². The molecule has 1 rings (SSSR count). The third-order valence-corrected chi connectivity index (χ3v) is 3.49. The van der Waals surface area contributed by atoms with Gasteiger partial charge < -0.3 is 4.52 Å². The van der Waals surface area contributed by atoms with Crippen LogP contribution in [0, 0.1) is 0 Å². The number of benzene rings is 1. The Morgan fingerprint density at radius 2 is 1.82 bits per heavy atom. The SMILES string of the molecule is C=Cc1ccccc1OP(=O)(OCC)OCC. The molecule has 0 bridgehead atoms. The van der Waals surface area contributed by atoms with Gasteiger partial charge in [-0.15, -0.1) is 0 Å². The van der Waals surface area contributed by atoms with Crippen LogP contribution in [0.3, 0.4) is 0 Å². The van der Waals surface area contributed by atoms with Gasteiger partial charge in [0.05, 0.1) is 13.2 Å². The molecule has 0 heterocycles. The van der Waals surface area contributed by atoms with Gasteiger partial charge in [0.15, 0.2) is 0 Å². The monoisotopic (exact) mass is 256 g/mol. The van der Waals surface area contributed by atoms with Crippen molar-refractivity contribution in [1.82, 2.24) is 0 Å². The largest absolute Gasteiger partial charge is 0.530 e. The zero-order chi connectivity index (χ0) is 12.7. The highest BCUT2D eigenvalue weighted by Gasteiger charge is 2.27. The van der Waals surface area contributed by atoms with Crippen molar-refractivity contribution >= 4 is 13.9 Å². The van der Waals surface area contributed by atoms with Crippen molar-refractivity contribution in [3.63, 3.8) is 0 Å². The molecule has 17 heavy (non-hydrogen) atoms. The van der Waals surface area contributed by atoms with Crippen LogP contribution in [0.25, 0.3) is 6.08 Å². The van der Waals surface area contributed by atoms with Gasteiger partial charge in [0.25, 0.3) is 0 Å². The first-order valence-electron chi connectivity index (χ1n) is 5.45. The Bertz CT molecular complexity index is 407. The van der Waals surface area contributed by atoms with Crippen LogP contribution in [0.1, 0.15) is 19.4 Å². The van der Waals surface area contributed by atoms with Crippen molar-refractivity contribution in [2.24, 2.45) is 0 Å². The van der Waals surface area contributed by atoms with E-state index < -0.39 is 7.82 Å². The van der Waals surface area contributed by atoms with Gasteiger partial charge in [-0.2, -0.15) is 0 Å². The Labute approximate surface area is 102 Å². The van der Waals surface area contributed by atoms with Crippen LogP contribution >= 0.6 is 7.82 Å². The molecule has 0 unspecified atom stereocenters. The summed E-state index contributed by atoms with van der Waals surface area (Å²) >= 11 is 0. The lowest BCUT2D eigenvalue weighted by atomic mass is 10.2. The summed E-state index contributed by atoms with van der Waals surface area (Å²) in [6.45, 7) is 7.64. The summed E-state index contributed by atoms with van der Waals surface area (Å²) in [5.41, 5.74) is 0.743. The van der Waals surface area contributed by atoms with Gasteiger partial charge in [0, 0.05) is 5.56 Å². The molecule has 0 radical (unpaired) electrons. The molecule has 0 fully saturated rings. The molecule has 0 amide bonds. The normalized spacial score (nSPS) is 11.2. The lowest BCUT2D eigenvalue weighted by molar-refractivity contribution is 0.167. The number of phosphoric ester groups is 1. The second-order valence-corrected chi connectivity index (χ2v) is 4.71. The standard InChI is InChI=1S/C12H17O4P/c1-4-11-9-7-8-10-12(11)16-17(13,14-5-2)15-6-3/h4,7-10H,1,5-6H2,2-3H3. The Morgan fingerprint density at radius 1 is 1.24 bits per heavy atom. The molecule has 0 saturated carbocycles. The van der Waals surface area contributed by atoms with Crippen molar-refractivity contribution in [2.45, 2.75) is 13.8 Å². The van der Waals surface area contributed by atoms with Crippen molar-refractivity contribution in [2.75, 3.05) is 13.2 Å². The van der Waals surface area contributed by atoms with E-state index in [0.29, 0.717) is 5.75 Å². The first-order valence-corrected chi connectivity index (χ1v) is 6.91. The molecule has 0 aromatic heterocycles. The van der Waals surface area contributed by atoms with E-state index in [0.717, 1.165) is 5.56 Å². The lowest BCUT2D eigenvalue weighted by Gasteiger charge is -2.18. The molecular weight excluding hydrogens is 239 g/mol. The fraction of sp³-hybridized carbons (Fsp3) is 0.333. The van der Waals surface area contributed by atoms with Gasteiger partial charge in [-0.05, 0) is 19.9 Å². The van der Waals surface area contributed by atoms with E-state index in [2.05, 4.69) is 6.58 Å². The number of hydrogen-bond acceptors (Lipinski definition) is 4. The summed E-state index contributed by atoms with van der Waals surface area (Å²) in [6.07, 6.45) is 1.62. The Morgan fingerprint density at radius 3 is 2.35 bits per heavy atom. The van der Waals surface area contributed by atoms with Crippen LogP contribution in [-0.4, -0.2) is 13.2 Å². The van der Waals surface area contributed by atoms with Crippen LogP contribution in [0.15, 0.2) is 30.8 Å². The van der Waals surface area contributed by atoms with Crippen molar-refractivity contribution in [1.29, 1.82) is 0 Å². The zero-order valence-corrected chi connectivity index (χ0v) is 11.0. The van der Waals surface area contributed by atoms with Crippen LogP contribution < -0.4 is 4.52 Å². The number of hydrogen-bond donors (Lipinski definition) is 0. The smallest absolute Gasteiger partial charge is 0.403 e. The predicted molar refractivity (Wildman–Crippen MR) is 68.0 cm³/mol. The van der Waals surface area contributed by atoms with Crippen LogP contribution in [0.2, 0.25) is 0 Å². The summed E-state index contributed by atoms with van der Waals surface area (Å²) in [5.74, 6) is 0.438. The molecule has 0 spiro atoms. The molecule has 0 aliphatic heterocycles. The summed E-state index contributed by atoms with van der Waals surface area (Å²) in [6, 6.07) is 7.13. The maximum Gasteiger partial charge on any atom is 0.530 e. The number of rotatable bonds is 7. The van der Waals surface area contributed by atoms with E-state index in [1.54, 1.807) is 32.1 Å². The minimum absolute atomic E-state index is 0.257. The second-order valence-electron chi connectivity index (χ2n) is 3.12. The first-order chi connectivity index (χ1) is 8.15. The Kier molecular flexibility index (Phi) is 5.42. The highest BCUT2D eigenvalue weighted by Crippen LogP contribution is 2.49. The highest BCUT2D eigenvalue weighted by atomic mass is 31.2. The molecule has 5 heteroatoms. The van der Waals surface area contributed by atoms with Crippen molar-refractivity contribution in [3.05, 3.63) is 36.4 Å². The topological polar surface area (TPSA) is 44.8 Å². The fourth-order valence-electron chi connectivity index (χ4n) is 1.26. The van der Waals surface area contributed by atoms with Crippen LogP contribution in [-0.2, 0) is 13.6 Å². The molecule has 0 aliphatic carbocycles. The van der Waals surface area contributed by atoms with Crippen molar-refractivity contribution in [3.8, 4) is 5.75 Å². The summed E-state index contributed by atoms with van der Waals surface area (Å²) in [5, 5.41) is 0. The number of para-hydroxylation sites is 1. The summed E-state index contributed by atoms with van der Waals surface area (Å²) in [7, 11) is -3.53. The average molecular weight is 256 g/mol. The lowest BCUT2D eigenvalue weighted by Crippen LogP contribution is -2.03. The molecule has 0 atom stereocenters. The maximum absolute atomic E-state index is 12.1. The minimum atomic E-state index is -3.53. The van der Waals surface area contributed by atoms with Gasteiger partial charge in [-0.1, -0.05) is 30.9 Å². The maximum atomic E-state index is 12.1. The molecular formula is C12H17O4P. The molecule has 0 N–H and O–H groups in total. The molecule has 1 aromatic rings. The van der Waals surface area contributed by atoms with Gasteiger partial charge >= 0.3 is 7.82 Å². The second kappa shape index (κ2) is 6.60. The van der Waals surface area contributed by atoms with E-state index >= 15 is 0 Å². The molecule has 94 valence electrons. The minimum Gasteiger partial charge on any atom is -0.403 e. The molecule has 0 saturated heterocycles. The van der Waals surface area contributed by atoms with E-state index in [1.165, 1.54) is 0 Å². The highest BCUT2D eigenvalue weighted by molar-refractivity contribution is 7.48. The van der Waals surface area contributed by atoms with E-state index in [1.807, 2.05) is 12.1 Å². The van der Waals surface area contributed by atoms with Crippen molar-refractivity contribution < 1.29 is 18.1 Å². The quantitative estimate of drug-likeness (QED) is 0.694. The molecule has 0 aliphatic rings. The number of phosphoric acid groups is 1. The fourth-order valence-corrected chi connectivity index (χ4v) is 2.48. The third kappa shape index (κ3) is 4.00. The summed E-state index contributed by atoms with van der Waals surface area (Å²) in [4.78, 5) is 0. The van der Waals surface area contributed by atoms with E-state index in [9.17, 15) is 4.57 Å². The molecule has 1 aromatic carbocycles. The average Bonchev–Trinajstić information content (AvgIpc) is 2.30. The Hall–Kier alpha value is -1.09. The van der Waals surface area contributed by atoms with Crippen LogP contribution in [0.4, 0.5) is 0 Å². The van der Waals surface area contributed by atoms with Gasteiger partial charge in [-0.25, -0.2) is 4.57 Å². The Balaban J connectivity index is 2.93. The predicted octanol–water partition coefficient (Wildman–Crippen LogP) is 3.89.